The lowest BCUT2D eigenvalue weighted by Gasteiger charge is -2.20. The zero-order chi connectivity index (χ0) is 54.5. The van der Waals surface area contributed by atoms with Gasteiger partial charge in [-0.25, -0.2) is 59.8 Å². The van der Waals surface area contributed by atoms with E-state index in [1.807, 2.05) is 88.0 Å². The standard InChI is InChI=1S/C59H41F3N16/c1-28-65-29(2)70-55(69-28)36-12-16-48-42(20-36)43-21-37(56-71-30(3)66-31(4)72-56)13-17-49(43)77(48)52-24-41(54-40(26-63)10-9-11-47(54)59(60,61)62)25-53(46(52)27-64)78-50-18-14-38(57-73-32(5)67-33(6)74-57)22-44(50)45-23-39(15-19-51(45)78)58-75-34(7)68-35(8)76-58/h9-25H,1-8H3. The average Bonchev–Trinajstić information content (AvgIpc) is 4.06. The number of aryl methyl sites for hydroxylation is 8. The first-order chi connectivity index (χ1) is 37.4. The molecule has 78 heavy (non-hydrogen) atoms. The largest absolute Gasteiger partial charge is 0.417 e. The van der Waals surface area contributed by atoms with Crippen molar-refractivity contribution in [3.8, 4) is 80.2 Å². The topological polar surface area (TPSA) is 212 Å². The molecule has 0 unspecified atom stereocenters. The summed E-state index contributed by atoms with van der Waals surface area (Å²) in [5.41, 5.74) is 4.14. The number of hydrogen-bond donors (Lipinski definition) is 0. The third kappa shape index (κ3) is 8.34. The van der Waals surface area contributed by atoms with Crippen LogP contribution in [0.1, 0.15) is 63.3 Å². The van der Waals surface area contributed by atoms with Crippen molar-refractivity contribution >= 4 is 43.6 Å². The number of nitrogens with zero attached hydrogens (tertiary/aromatic N) is 16. The maximum absolute atomic E-state index is 15.5. The van der Waals surface area contributed by atoms with Crippen LogP contribution < -0.4 is 0 Å². The molecule has 0 radical (unpaired) electrons. The van der Waals surface area contributed by atoms with E-state index in [2.05, 4.69) is 65.9 Å². The predicted octanol–water partition coefficient (Wildman–Crippen LogP) is 12.2. The predicted molar refractivity (Wildman–Crippen MR) is 288 cm³/mol. The van der Waals surface area contributed by atoms with E-state index in [-0.39, 0.29) is 33.6 Å². The lowest BCUT2D eigenvalue weighted by atomic mass is 9.92. The molecule has 0 atom stereocenters. The Bertz CT molecular complexity index is 4090. The van der Waals surface area contributed by atoms with E-state index in [1.54, 1.807) is 67.5 Å². The second kappa shape index (κ2) is 18.2. The fraction of sp³-hybridized carbons (Fsp3) is 0.153. The van der Waals surface area contributed by atoms with Gasteiger partial charge in [-0.3, -0.25) is 0 Å². The molecule has 19 heteroatoms. The van der Waals surface area contributed by atoms with E-state index in [1.165, 1.54) is 12.1 Å². The maximum atomic E-state index is 15.5. The van der Waals surface area contributed by atoms with Crippen LogP contribution in [0.25, 0.3) is 112 Å². The molecule has 378 valence electrons. The molecule has 0 fully saturated rings. The molecule has 6 heterocycles. The summed E-state index contributed by atoms with van der Waals surface area (Å²) in [5, 5.41) is 25.3. The first kappa shape index (κ1) is 48.7. The third-order valence-electron chi connectivity index (χ3n) is 13.5. The molecule has 0 saturated heterocycles. The van der Waals surface area contributed by atoms with Crippen molar-refractivity contribution in [1.29, 1.82) is 10.5 Å². The SMILES string of the molecule is Cc1nc(C)nc(-c2ccc3c(c2)c2cc(-c4nc(C)nc(C)n4)ccc2n3-c2cc(-c3c(C#N)cccc3C(F)(F)F)cc(-n3c4ccc(-c5nc(C)nc(C)n5)cc4c4cc(-c5nc(C)nc(C)n5)ccc43)c2C#N)n1. The summed E-state index contributed by atoms with van der Waals surface area (Å²) in [5.74, 6) is 6.03. The third-order valence-corrected chi connectivity index (χ3v) is 13.5. The molecule has 0 aliphatic heterocycles. The number of alkyl halides is 3. The normalized spacial score (nSPS) is 11.8. The molecule has 6 aromatic carbocycles. The number of fused-ring (bicyclic) bond motifs is 6. The van der Waals surface area contributed by atoms with Crippen LogP contribution in [-0.4, -0.2) is 68.9 Å². The molecule has 0 N–H and O–H groups in total. The average molecular weight is 1030 g/mol. The van der Waals surface area contributed by atoms with Gasteiger partial charge in [-0.2, -0.15) is 23.7 Å². The lowest BCUT2D eigenvalue weighted by molar-refractivity contribution is -0.137. The fourth-order valence-electron chi connectivity index (χ4n) is 10.5. The van der Waals surface area contributed by atoms with Crippen LogP contribution in [0.2, 0.25) is 0 Å². The van der Waals surface area contributed by atoms with E-state index in [0.717, 1.165) is 6.07 Å². The van der Waals surface area contributed by atoms with Crippen molar-refractivity contribution < 1.29 is 13.2 Å². The molecule has 12 rings (SSSR count). The van der Waals surface area contributed by atoms with Gasteiger partial charge in [-0.1, -0.05) is 6.07 Å². The lowest BCUT2D eigenvalue weighted by Crippen LogP contribution is -2.10. The molecule has 0 aliphatic rings. The molecular formula is C59H41F3N16. The van der Waals surface area contributed by atoms with Gasteiger partial charge in [0.1, 0.15) is 58.2 Å². The van der Waals surface area contributed by atoms with E-state index < -0.39 is 11.7 Å². The summed E-state index contributed by atoms with van der Waals surface area (Å²) < 4.78 is 50.1. The molecule has 0 spiro atoms. The van der Waals surface area contributed by atoms with Crippen molar-refractivity contribution in [3.05, 3.63) is 166 Å². The van der Waals surface area contributed by atoms with Crippen LogP contribution in [0.3, 0.4) is 0 Å². The van der Waals surface area contributed by atoms with Crippen molar-refractivity contribution in [3.63, 3.8) is 0 Å². The summed E-state index contributed by atoms with van der Waals surface area (Å²) in [4.78, 5) is 54.9. The van der Waals surface area contributed by atoms with Crippen LogP contribution in [0.5, 0.6) is 0 Å². The van der Waals surface area contributed by atoms with Gasteiger partial charge >= 0.3 is 6.18 Å². The van der Waals surface area contributed by atoms with Crippen LogP contribution in [0.15, 0.2) is 103 Å². The number of rotatable bonds is 7. The summed E-state index contributed by atoms with van der Waals surface area (Å²) in [6.07, 6.45) is -4.88. The van der Waals surface area contributed by atoms with E-state index >= 15 is 13.2 Å². The Morgan fingerprint density at radius 2 is 0.679 bits per heavy atom. The van der Waals surface area contributed by atoms with E-state index in [9.17, 15) is 10.5 Å². The highest BCUT2D eigenvalue weighted by molar-refractivity contribution is 6.13. The van der Waals surface area contributed by atoms with Gasteiger partial charge in [0.05, 0.1) is 50.6 Å². The second-order valence-electron chi connectivity index (χ2n) is 19.0. The van der Waals surface area contributed by atoms with Crippen molar-refractivity contribution in [1.82, 2.24) is 68.9 Å². The van der Waals surface area contributed by atoms with Gasteiger partial charge in [0.15, 0.2) is 23.3 Å². The monoisotopic (exact) mass is 1030 g/mol. The zero-order valence-corrected chi connectivity index (χ0v) is 43.1. The molecule has 0 saturated carbocycles. The van der Waals surface area contributed by atoms with Gasteiger partial charge in [-0.15, -0.1) is 0 Å². The number of benzene rings is 6. The number of nitriles is 2. The number of aromatic nitrogens is 14. The molecule has 12 aromatic rings. The minimum atomic E-state index is -4.88. The maximum Gasteiger partial charge on any atom is 0.417 e. The Labute approximate surface area is 442 Å². The summed E-state index contributed by atoms with van der Waals surface area (Å²) in [6, 6.07) is 34.0. The van der Waals surface area contributed by atoms with Gasteiger partial charge in [0, 0.05) is 49.4 Å². The molecular weight excluding hydrogens is 990 g/mol. The fourth-order valence-corrected chi connectivity index (χ4v) is 10.5. The van der Waals surface area contributed by atoms with Crippen molar-refractivity contribution in [2.75, 3.05) is 0 Å². The first-order valence-corrected chi connectivity index (χ1v) is 24.6. The molecule has 6 aromatic heterocycles. The van der Waals surface area contributed by atoms with Gasteiger partial charge in [0.2, 0.25) is 0 Å². The molecule has 16 nitrogen and oxygen atoms in total. The highest BCUT2D eigenvalue weighted by Crippen LogP contribution is 2.45. The Morgan fingerprint density at radius 1 is 0.372 bits per heavy atom. The number of halogens is 3. The van der Waals surface area contributed by atoms with E-state index in [4.69, 9.17) is 0 Å². The summed E-state index contributed by atoms with van der Waals surface area (Å²) >= 11 is 0. The van der Waals surface area contributed by atoms with Gasteiger partial charge in [0.25, 0.3) is 0 Å². The van der Waals surface area contributed by atoms with Crippen LogP contribution >= 0.6 is 0 Å². The van der Waals surface area contributed by atoms with Crippen LogP contribution in [-0.2, 0) is 6.18 Å². The Hall–Kier alpha value is -10.3. The highest BCUT2D eigenvalue weighted by Gasteiger charge is 2.36. The highest BCUT2D eigenvalue weighted by atomic mass is 19.4. The molecule has 0 bridgehead atoms. The van der Waals surface area contributed by atoms with Crippen molar-refractivity contribution in [2.45, 2.75) is 61.6 Å². The van der Waals surface area contributed by atoms with Crippen LogP contribution in [0, 0.1) is 78.1 Å². The first-order valence-electron chi connectivity index (χ1n) is 24.6. The van der Waals surface area contributed by atoms with Crippen LogP contribution in [0.4, 0.5) is 13.2 Å². The van der Waals surface area contributed by atoms with Gasteiger partial charge < -0.3 is 9.13 Å². The molecule has 0 amide bonds. The Balaban J connectivity index is 1.22. The summed E-state index contributed by atoms with van der Waals surface area (Å²) in [6.45, 7) is 14.3. The number of hydrogen-bond acceptors (Lipinski definition) is 14. The Morgan fingerprint density at radius 3 is 0.949 bits per heavy atom. The van der Waals surface area contributed by atoms with Gasteiger partial charge in [-0.05, 0) is 158 Å². The molecule has 0 aliphatic carbocycles. The Kier molecular flexibility index (Phi) is 11.4. The summed E-state index contributed by atoms with van der Waals surface area (Å²) in [7, 11) is 0. The zero-order valence-electron chi connectivity index (χ0n) is 43.1. The van der Waals surface area contributed by atoms with E-state index in [0.29, 0.717) is 136 Å². The van der Waals surface area contributed by atoms with Crippen molar-refractivity contribution in [2.24, 2.45) is 0 Å². The second-order valence-corrected chi connectivity index (χ2v) is 19.0. The quantitative estimate of drug-likeness (QED) is 0.145. The minimum Gasteiger partial charge on any atom is -0.308 e. The minimum absolute atomic E-state index is 0.0366. The smallest absolute Gasteiger partial charge is 0.308 e.